The molecule has 1 aromatic heterocycles. The Balaban J connectivity index is 3.03. The molecule has 0 bridgehead atoms. The average molecular weight is 205 g/mol. The van der Waals surface area contributed by atoms with Crippen LogP contribution in [0.3, 0.4) is 0 Å². The molecule has 0 saturated heterocycles. The molecule has 0 aromatic carbocycles. The zero-order chi connectivity index (χ0) is 7.72. The number of hydrogen-bond acceptors (Lipinski definition) is 2. The number of aromatic nitrogens is 2. The lowest BCUT2D eigenvalue weighted by Crippen LogP contribution is -1.95. The van der Waals surface area contributed by atoms with Gasteiger partial charge in [-0.2, -0.15) is 5.10 Å². The zero-order valence-corrected chi connectivity index (χ0v) is 7.46. The standard InChI is InChI=1S/C6H9BrN2O/c1-4(10)6-5(7)3-9(2)8-6/h3-4,10H,1-2H3. The highest BCUT2D eigenvalue weighted by molar-refractivity contribution is 9.10. The van der Waals surface area contributed by atoms with Crippen LogP contribution in [0.2, 0.25) is 0 Å². The van der Waals surface area contributed by atoms with Gasteiger partial charge >= 0.3 is 0 Å². The monoisotopic (exact) mass is 204 g/mol. The minimum Gasteiger partial charge on any atom is -0.387 e. The smallest absolute Gasteiger partial charge is 0.105 e. The number of aliphatic hydroxyl groups is 1. The van der Waals surface area contributed by atoms with E-state index in [0.717, 1.165) is 4.47 Å². The largest absolute Gasteiger partial charge is 0.387 e. The number of aryl methyl sites for hydroxylation is 1. The Kier molecular flexibility index (Phi) is 2.11. The quantitative estimate of drug-likeness (QED) is 0.748. The summed E-state index contributed by atoms with van der Waals surface area (Å²) in [5.41, 5.74) is 0.683. The third-order valence-corrected chi connectivity index (χ3v) is 1.82. The first kappa shape index (κ1) is 7.75. The molecule has 0 fully saturated rings. The number of halogens is 1. The van der Waals surface area contributed by atoms with E-state index < -0.39 is 6.10 Å². The van der Waals surface area contributed by atoms with Gasteiger partial charge in [0.05, 0.1) is 10.6 Å². The first-order valence-electron chi connectivity index (χ1n) is 2.98. The summed E-state index contributed by atoms with van der Waals surface area (Å²) in [5, 5.41) is 13.1. The van der Waals surface area contributed by atoms with Crippen LogP contribution >= 0.6 is 15.9 Å². The van der Waals surface area contributed by atoms with Gasteiger partial charge in [-0.15, -0.1) is 0 Å². The van der Waals surface area contributed by atoms with E-state index in [4.69, 9.17) is 5.11 Å². The first-order chi connectivity index (χ1) is 4.61. The highest BCUT2D eigenvalue weighted by Crippen LogP contribution is 2.20. The van der Waals surface area contributed by atoms with Gasteiger partial charge in [-0.25, -0.2) is 0 Å². The van der Waals surface area contributed by atoms with Crippen molar-refractivity contribution in [1.29, 1.82) is 0 Å². The predicted molar refractivity (Wildman–Crippen MR) is 41.5 cm³/mol. The van der Waals surface area contributed by atoms with Crippen LogP contribution in [0.5, 0.6) is 0 Å². The van der Waals surface area contributed by atoms with Crippen molar-refractivity contribution in [3.05, 3.63) is 16.4 Å². The van der Waals surface area contributed by atoms with Crippen LogP contribution in [0.1, 0.15) is 18.7 Å². The molecule has 1 atom stereocenters. The molecule has 1 N–H and O–H groups in total. The van der Waals surface area contributed by atoms with Crippen LogP contribution in [0.25, 0.3) is 0 Å². The van der Waals surface area contributed by atoms with Crippen molar-refractivity contribution in [1.82, 2.24) is 9.78 Å². The summed E-state index contributed by atoms with van der Waals surface area (Å²) in [7, 11) is 1.82. The van der Waals surface area contributed by atoms with Crippen LogP contribution < -0.4 is 0 Å². The van der Waals surface area contributed by atoms with Crippen LogP contribution in [0, 0.1) is 0 Å². The van der Waals surface area contributed by atoms with Crippen molar-refractivity contribution in [3.8, 4) is 0 Å². The van der Waals surface area contributed by atoms with Gasteiger partial charge in [0.1, 0.15) is 5.69 Å². The molecule has 0 spiro atoms. The topological polar surface area (TPSA) is 38.1 Å². The van der Waals surface area contributed by atoms with E-state index in [0.29, 0.717) is 5.69 Å². The SMILES string of the molecule is CC(O)c1nn(C)cc1Br. The van der Waals surface area contributed by atoms with Crippen LogP contribution in [-0.2, 0) is 7.05 Å². The molecule has 10 heavy (non-hydrogen) atoms. The molecule has 56 valence electrons. The van der Waals surface area contributed by atoms with Crippen LogP contribution in [0.4, 0.5) is 0 Å². The molecule has 0 aliphatic heterocycles. The Morgan fingerprint density at radius 2 is 2.40 bits per heavy atom. The van der Waals surface area contributed by atoms with E-state index in [1.807, 2.05) is 13.2 Å². The third-order valence-electron chi connectivity index (χ3n) is 1.21. The zero-order valence-electron chi connectivity index (χ0n) is 5.87. The fourth-order valence-electron chi connectivity index (χ4n) is 0.760. The van der Waals surface area contributed by atoms with E-state index >= 15 is 0 Å². The molecule has 0 saturated carbocycles. The number of nitrogens with zero attached hydrogens (tertiary/aromatic N) is 2. The van der Waals surface area contributed by atoms with Crippen molar-refractivity contribution >= 4 is 15.9 Å². The molecule has 3 nitrogen and oxygen atoms in total. The van der Waals surface area contributed by atoms with Gasteiger partial charge in [0.15, 0.2) is 0 Å². The van der Waals surface area contributed by atoms with E-state index in [1.54, 1.807) is 11.6 Å². The van der Waals surface area contributed by atoms with E-state index in [9.17, 15) is 0 Å². The Labute approximate surface area is 67.8 Å². The minimum absolute atomic E-state index is 0.504. The molecule has 0 radical (unpaired) electrons. The summed E-state index contributed by atoms with van der Waals surface area (Å²) in [6.45, 7) is 1.69. The molecule has 0 aliphatic rings. The molecule has 1 unspecified atom stereocenters. The first-order valence-corrected chi connectivity index (χ1v) is 3.77. The lowest BCUT2D eigenvalue weighted by atomic mass is 10.3. The Morgan fingerprint density at radius 3 is 2.60 bits per heavy atom. The number of aliphatic hydroxyl groups excluding tert-OH is 1. The maximum absolute atomic E-state index is 9.11. The Hall–Kier alpha value is -0.350. The normalized spacial score (nSPS) is 13.6. The molecule has 1 heterocycles. The molecular weight excluding hydrogens is 196 g/mol. The van der Waals surface area contributed by atoms with Gasteiger partial charge < -0.3 is 5.11 Å². The summed E-state index contributed by atoms with van der Waals surface area (Å²) in [6.07, 6.45) is 1.30. The highest BCUT2D eigenvalue weighted by Gasteiger charge is 2.08. The predicted octanol–water partition coefficient (Wildman–Crippen LogP) is 1.24. The maximum atomic E-state index is 9.11. The second kappa shape index (κ2) is 2.72. The second-order valence-corrected chi connectivity index (χ2v) is 3.07. The van der Waals surface area contributed by atoms with Crippen molar-refractivity contribution in [2.45, 2.75) is 13.0 Å². The minimum atomic E-state index is -0.504. The van der Waals surface area contributed by atoms with Crippen LogP contribution in [0.15, 0.2) is 10.7 Å². The van der Waals surface area contributed by atoms with Crippen LogP contribution in [-0.4, -0.2) is 14.9 Å². The Morgan fingerprint density at radius 1 is 1.80 bits per heavy atom. The van der Waals surface area contributed by atoms with Crippen molar-refractivity contribution in [2.24, 2.45) is 7.05 Å². The molecule has 1 aromatic rings. The summed E-state index contributed by atoms with van der Waals surface area (Å²) < 4.78 is 2.51. The summed E-state index contributed by atoms with van der Waals surface area (Å²) in [4.78, 5) is 0. The highest BCUT2D eigenvalue weighted by atomic mass is 79.9. The fourth-order valence-corrected chi connectivity index (χ4v) is 1.47. The lowest BCUT2D eigenvalue weighted by molar-refractivity contribution is 0.192. The number of hydrogen-bond donors (Lipinski definition) is 1. The second-order valence-electron chi connectivity index (χ2n) is 2.21. The van der Waals surface area contributed by atoms with E-state index in [2.05, 4.69) is 21.0 Å². The van der Waals surface area contributed by atoms with Gasteiger partial charge in [0.25, 0.3) is 0 Å². The average Bonchev–Trinajstić information content (AvgIpc) is 2.10. The van der Waals surface area contributed by atoms with Gasteiger partial charge in [0.2, 0.25) is 0 Å². The van der Waals surface area contributed by atoms with Gasteiger partial charge in [0, 0.05) is 13.2 Å². The number of rotatable bonds is 1. The maximum Gasteiger partial charge on any atom is 0.105 e. The fraction of sp³-hybridized carbons (Fsp3) is 0.500. The third kappa shape index (κ3) is 1.38. The molecular formula is C6H9BrN2O. The van der Waals surface area contributed by atoms with E-state index in [-0.39, 0.29) is 0 Å². The van der Waals surface area contributed by atoms with Crippen molar-refractivity contribution < 1.29 is 5.11 Å². The Bertz CT molecular complexity index is 232. The molecule has 0 aliphatic carbocycles. The van der Waals surface area contributed by atoms with E-state index in [1.165, 1.54) is 0 Å². The van der Waals surface area contributed by atoms with Gasteiger partial charge in [-0.3, -0.25) is 4.68 Å². The summed E-state index contributed by atoms with van der Waals surface area (Å²) >= 11 is 3.27. The molecule has 0 amide bonds. The lowest BCUT2D eigenvalue weighted by Gasteiger charge is -1.97. The molecule has 1 rings (SSSR count). The van der Waals surface area contributed by atoms with Crippen molar-refractivity contribution in [2.75, 3.05) is 0 Å². The van der Waals surface area contributed by atoms with Gasteiger partial charge in [-0.05, 0) is 22.9 Å². The van der Waals surface area contributed by atoms with Crippen molar-refractivity contribution in [3.63, 3.8) is 0 Å². The summed E-state index contributed by atoms with van der Waals surface area (Å²) in [5.74, 6) is 0. The summed E-state index contributed by atoms with van der Waals surface area (Å²) in [6, 6.07) is 0. The van der Waals surface area contributed by atoms with Gasteiger partial charge in [-0.1, -0.05) is 0 Å². The molecule has 4 heteroatoms.